The predicted molar refractivity (Wildman–Crippen MR) is 89.2 cm³/mol. The minimum atomic E-state index is -5.66. The Bertz CT molecular complexity index is 589. The number of nitrogens with zero attached hydrogens (tertiary/aromatic N) is 1. The van der Waals surface area contributed by atoms with Gasteiger partial charge in [0.1, 0.15) is 5.75 Å². The Balaban J connectivity index is 0.00000338. The second-order valence-corrected chi connectivity index (χ2v) is 5.85. The fourth-order valence-electron chi connectivity index (χ4n) is 2.67. The van der Waals surface area contributed by atoms with E-state index in [0.717, 1.165) is 25.9 Å². The van der Waals surface area contributed by atoms with Crippen molar-refractivity contribution >= 4 is 24.0 Å². The van der Waals surface area contributed by atoms with Crippen LogP contribution in [-0.4, -0.2) is 43.7 Å². The number of alkyl halides is 5. The number of hydrogen-bond acceptors (Lipinski definition) is 3. The van der Waals surface area contributed by atoms with Gasteiger partial charge in [0.15, 0.2) is 6.61 Å². The highest BCUT2D eigenvalue weighted by Gasteiger charge is 2.58. The number of piperidine rings is 1. The normalized spacial score (nSPS) is 15.9. The fraction of sp³-hybridized carbons (Fsp3) is 0.562. The zero-order chi connectivity index (χ0) is 18.7. The fourth-order valence-corrected chi connectivity index (χ4v) is 2.67. The van der Waals surface area contributed by atoms with Crippen molar-refractivity contribution in [2.75, 3.05) is 24.6 Å². The van der Waals surface area contributed by atoms with Gasteiger partial charge in [0, 0.05) is 18.7 Å². The van der Waals surface area contributed by atoms with E-state index < -0.39 is 18.7 Å². The molecule has 0 bridgehead atoms. The van der Waals surface area contributed by atoms with Gasteiger partial charge in [-0.2, -0.15) is 22.0 Å². The summed E-state index contributed by atoms with van der Waals surface area (Å²) in [6.45, 7) is 1.20. The van der Waals surface area contributed by atoms with Crippen LogP contribution in [0.2, 0.25) is 0 Å². The number of benzene rings is 1. The Morgan fingerprint density at radius 3 is 2.15 bits per heavy atom. The number of carbonyl (C=O) groups excluding carboxylic acids is 1. The molecule has 1 heterocycles. The molecule has 10 heteroatoms. The van der Waals surface area contributed by atoms with Crippen LogP contribution in [0, 0.1) is 0 Å². The maximum absolute atomic E-state index is 12.9. The van der Waals surface area contributed by atoms with Gasteiger partial charge in [-0.1, -0.05) is 0 Å². The van der Waals surface area contributed by atoms with Crippen LogP contribution in [0.5, 0.6) is 5.75 Å². The predicted octanol–water partition coefficient (Wildman–Crippen LogP) is 3.79. The van der Waals surface area contributed by atoms with E-state index in [9.17, 15) is 26.7 Å². The summed E-state index contributed by atoms with van der Waals surface area (Å²) in [5, 5.41) is 3.19. The van der Waals surface area contributed by atoms with Gasteiger partial charge in [0.25, 0.3) is 0 Å². The number of carbonyl (C=O) groups is 1. The molecule has 0 aromatic heterocycles. The summed E-state index contributed by atoms with van der Waals surface area (Å²) >= 11 is 0. The van der Waals surface area contributed by atoms with Crippen LogP contribution >= 0.6 is 12.4 Å². The van der Waals surface area contributed by atoms with Gasteiger partial charge < -0.3 is 15.0 Å². The van der Waals surface area contributed by atoms with E-state index in [1.807, 2.05) is 0 Å². The molecule has 1 fully saturated rings. The molecule has 0 atom stereocenters. The smallest absolute Gasteiger partial charge is 0.456 e. The summed E-state index contributed by atoms with van der Waals surface area (Å²) < 4.78 is 66.6. The second-order valence-electron chi connectivity index (χ2n) is 5.85. The highest BCUT2D eigenvalue weighted by molar-refractivity contribution is 5.92. The first-order valence-corrected chi connectivity index (χ1v) is 7.80. The zero-order valence-corrected chi connectivity index (χ0v) is 14.8. The van der Waals surface area contributed by atoms with Gasteiger partial charge in [-0.25, -0.2) is 0 Å². The molecular weight excluding hydrogens is 383 g/mol. The highest BCUT2D eigenvalue weighted by Crippen LogP contribution is 2.36. The molecule has 26 heavy (non-hydrogen) atoms. The Hall–Kier alpha value is -1.61. The number of hydrogen-bond donors (Lipinski definition) is 1. The zero-order valence-electron chi connectivity index (χ0n) is 14.0. The third-order valence-electron chi connectivity index (χ3n) is 3.96. The minimum Gasteiger partial charge on any atom is -0.487 e. The molecule has 0 unspecified atom stereocenters. The van der Waals surface area contributed by atoms with E-state index in [1.165, 1.54) is 31.2 Å². The first-order chi connectivity index (χ1) is 11.6. The number of nitrogens with one attached hydrogen (secondary N) is 1. The largest absolute Gasteiger partial charge is 0.487 e. The van der Waals surface area contributed by atoms with E-state index in [0.29, 0.717) is 5.69 Å². The van der Waals surface area contributed by atoms with Gasteiger partial charge >= 0.3 is 12.1 Å². The Kier molecular flexibility index (Phi) is 7.64. The number of ether oxygens (including phenoxy) is 1. The molecule has 1 amide bonds. The third-order valence-corrected chi connectivity index (χ3v) is 3.96. The lowest BCUT2D eigenvalue weighted by atomic mass is 10.0. The summed E-state index contributed by atoms with van der Waals surface area (Å²) in [6.07, 6.45) is -4.11. The highest BCUT2D eigenvalue weighted by atomic mass is 35.5. The molecule has 1 aliphatic heterocycles. The Morgan fingerprint density at radius 1 is 1.15 bits per heavy atom. The number of halogens is 6. The summed E-state index contributed by atoms with van der Waals surface area (Å²) in [7, 11) is 0. The van der Waals surface area contributed by atoms with E-state index in [4.69, 9.17) is 0 Å². The number of anilines is 1. The molecule has 1 N–H and O–H groups in total. The third kappa shape index (κ3) is 5.44. The van der Waals surface area contributed by atoms with Crippen LogP contribution in [0.4, 0.5) is 27.6 Å². The van der Waals surface area contributed by atoms with Crippen LogP contribution in [0.25, 0.3) is 0 Å². The molecule has 2 rings (SSSR count). The van der Waals surface area contributed by atoms with Crippen LogP contribution in [0.15, 0.2) is 24.3 Å². The number of amides is 1. The lowest BCUT2D eigenvalue weighted by molar-refractivity contribution is -0.290. The molecule has 1 aromatic rings. The molecule has 0 spiro atoms. The average molecular weight is 403 g/mol. The van der Waals surface area contributed by atoms with Crippen LogP contribution < -0.4 is 15.0 Å². The van der Waals surface area contributed by atoms with Crippen molar-refractivity contribution in [1.29, 1.82) is 0 Å². The van der Waals surface area contributed by atoms with E-state index in [2.05, 4.69) is 10.1 Å². The van der Waals surface area contributed by atoms with Gasteiger partial charge in [-0.15, -0.1) is 12.4 Å². The second kappa shape index (κ2) is 8.85. The van der Waals surface area contributed by atoms with Gasteiger partial charge in [-0.3, -0.25) is 4.79 Å². The quantitative estimate of drug-likeness (QED) is 0.762. The maximum atomic E-state index is 12.9. The summed E-state index contributed by atoms with van der Waals surface area (Å²) in [6, 6.07) is 5.52. The monoisotopic (exact) mass is 402 g/mol. The lowest BCUT2D eigenvalue weighted by Gasteiger charge is -2.34. The Morgan fingerprint density at radius 2 is 1.69 bits per heavy atom. The molecule has 1 aliphatic rings. The van der Waals surface area contributed by atoms with Crippen molar-refractivity contribution in [2.45, 2.75) is 37.9 Å². The van der Waals surface area contributed by atoms with Gasteiger partial charge in [0.05, 0.1) is 0 Å². The van der Waals surface area contributed by atoms with E-state index >= 15 is 0 Å². The summed E-state index contributed by atoms with van der Waals surface area (Å²) in [5.41, 5.74) is 0.550. The number of rotatable bonds is 5. The van der Waals surface area contributed by atoms with Crippen molar-refractivity contribution in [2.24, 2.45) is 0 Å². The van der Waals surface area contributed by atoms with Gasteiger partial charge in [-0.05, 0) is 50.2 Å². The van der Waals surface area contributed by atoms with Crippen LogP contribution in [-0.2, 0) is 4.79 Å². The molecule has 148 valence electrons. The first-order valence-electron chi connectivity index (χ1n) is 7.80. The lowest BCUT2D eigenvalue weighted by Crippen LogP contribution is -2.45. The van der Waals surface area contributed by atoms with Crippen molar-refractivity contribution < 1.29 is 31.5 Å². The van der Waals surface area contributed by atoms with Crippen molar-refractivity contribution in [3.63, 3.8) is 0 Å². The average Bonchev–Trinajstić information content (AvgIpc) is 2.54. The van der Waals surface area contributed by atoms with E-state index in [-0.39, 0.29) is 30.1 Å². The standard InChI is InChI=1S/C16H19F5N2O2.ClH/c1-11(24)23(13-6-8-22-9-7-13)12-2-4-14(5-3-12)25-10-15(17,18)16(19,20)21;/h2-5,13,22H,6-10H2,1H3;1H. The van der Waals surface area contributed by atoms with E-state index in [1.54, 1.807) is 4.90 Å². The first kappa shape index (κ1) is 22.4. The molecule has 1 saturated heterocycles. The Labute approximate surface area is 154 Å². The van der Waals surface area contributed by atoms with Crippen molar-refractivity contribution in [1.82, 2.24) is 5.32 Å². The molecule has 1 aromatic carbocycles. The minimum absolute atomic E-state index is 0. The summed E-state index contributed by atoms with van der Waals surface area (Å²) in [5.74, 6) is -5.21. The van der Waals surface area contributed by atoms with Crippen LogP contribution in [0.3, 0.4) is 0 Å². The maximum Gasteiger partial charge on any atom is 0.456 e. The molecule has 0 saturated carbocycles. The van der Waals surface area contributed by atoms with Crippen LogP contribution in [0.1, 0.15) is 19.8 Å². The summed E-state index contributed by atoms with van der Waals surface area (Å²) in [4.78, 5) is 13.6. The topological polar surface area (TPSA) is 41.6 Å². The molecule has 4 nitrogen and oxygen atoms in total. The SMILES string of the molecule is CC(=O)N(c1ccc(OCC(F)(F)C(F)(F)F)cc1)C1CCNCC1.Cl. The van der Waals surface area contributed by atoms with Gasteiger partial charge in [0.2, 0.25) is 5.91 Å². The van der Waals surface area contributed by atoms with Crippen molar-refractivity contribution in [3.8, 4) is 5.75 Å². The van der Waals surface area contributed by atoms with Crippen molar-refractivity contribution in [3.05, 3.63) is 24.3 Å². The molecule has 0 radical (unpaired) electrons. The molecular formula is C16H20ClF5N2O2. The molecule has 0 aliphatic carbocycles.